The highest BCUT2D eigenvalue weighted by atomic mass is 19.4. The highest BCUT2D eigenvalue weighted by Crippen LogP contribution is 2.46. The molecule has 0 saturated carbocycles. The first-order chi connectivity index (χ1) is 8.25. The maximum Gasteiger partial charge on any atom is 0.490 e. The Labute approximate surface area is 103 Å². The highest BCUT2D eigenvalue weighted by Gasteiger charge is 2.67. The number of esters is 1. The van der Waals surface area contributed by atoms with Crippen LogP contribution in [0.15, 0.2) is 25.3 Å². The molecule has 0 bridgehead atoms. The second kappa shape index (κ2) is 4.86. The van der Waals surface area contributed by atoms with Crippen molar-refractivity contribution in [3.05, 3.63) is 25.3 Å². The Morgan fingerprint density at radius 3 is 1.68 bits per heavy atom. The first-order valence-corrected chi connectivity index (χ1v) is 4.58. The molecule has 0 N–H and O–H groups in total. The zero-order valence-electron chi connectivity index (χ0n) is 9.53. The van der Waals surface area contributed by atoms with Gasteiger partial charge in [-0.05, 0) is 19.1 Å². The van der Waals surface area contributed by atoms with Crippen molar-refractivity contribution < 1.29 is 40.3 Å². The van der Waals surface area contributed by atoms with Gasteiger partial charge in [-0.1, -0.05) is 13.2 Å². The van der Waals surface area contributed by atoms with E-state index in [9.17, 15) is 35.5 Å². The van der Waals surface area contributed by atoms with Gasteiger partial charge in [0, 0.05) is 0 Å². The van der Waals surface area contributed by atoms with Gasteiger partial charge in [-0.3, -0.25) is 0 Å². The summed E-state index contributed by atoms with van der Waals surface area (Å²) in [6, 6.07) is 0. The fourth-order valence-electron chi connectivity index (χ4n) is 0.943. The molecule has 110 valence electrons. The zero-order chi connectivity index (χ0) is 15.7. The van der Waals surface area contributed by atoms with Crippen LogP contribution >= 0.6 is 0 Å². The zero-order valence-corrected chi connectivity index (χ0v) is 9.53. The van der Waals surface area contributed by atoms with Gasteiger partial charge < -0.3 is 4.74 Å². The van der Waals surface area contributed by atoms with Crippen LogP contribution in [0, 0.1) is 0 Å². The van der Waals surface area contributed by atoms with Crippen LogP contribution in [0.2, 0.25) is 0 Å². The van der Waals surface area contributed by atoms with Crippen LogP contribution in [0.3, 0.4) is 0 Å². The maximum atomic E-state index is 13.5. The fourth-order valence-corrected chi connectivity index (χ4v) is 0.943. The van der Waals surface area contributed by atoms with Crippen LogP contribution in [0.5, 0.6) is 0 Å². The molecule has 0 aromatic heterocycles. The Kier molecular flexibility index (Phi) is 4.46. The van der Waals surface area contributed by atoms with Crippen molar-refractivity contribution in [2.45, 2.75) is 30.5 Å². The molecule has 0 spiro atoms. The molecule has 0 aliphatic rings. The van der Waals surface area contributed by atoms with Crippen molar-refractivity contribution in [2.24, 2.45) is 0 Å². The minimum atomic E-state index is -5.61. The van der Waals surface area contributed by atoms with E-state index in [1.165, 1.54) is 0 Å². The third-order valence-electron chi connectivity index (χ3n) is 2.22. The first kappa shape index (κ1) is 17.5. The normalized spacial score (nSPS) is 16.4. The standard InChI is InChI=1S/C10H9F7O2/c1-4-7(3,19-6(18)9(13,14)15)10(16,17)8(11,12)5-2/h4-5H,1-2H2,3H3. The van der Waals surface area contributed by atoms with E-state index in [1.54, 1.807) is 0 Å². The van der Waals surface area contributed by atoms with E-state index in [2.05, 4.69) is 17.9 Å². The van der Waals surface area contributed by atoms with Crippen molar-refractivity contribution >= 4 is 5.97 Å². The van der Waals surface area contributed by atoms with E-state index >= 15 is 0 Å². The Morgan fingerprint density at radius 2 is 1.42 bits per heavy atom. The molecule has 0 radical (unpaired) electrons. The number of rotatable bonds is 5. The molecule has 0 fully saturated rings. The highest BCUT2D eigenvalue weighted by molar-refractivity contribution is 5.76. The van der Waals surface area contributed by atoms with E-state index in [1.807, 2.05) is 0 Å². The quantitative estimate of drug-likeness (QED) is 0.441. The van der Waals surface area contributed by atoms with Gasteiger partial charge in [-0.25, -0.2) is 4.79 Å². The van der Waals surface area contributed by atoms with Crippen molar-refractivity contribution in [3.63, 3.8) is 0 Å². The summed E-state index contributed by atoms with van der Waals surface area (Å²) in [4.78, 5) is 10.5. The second-order valence-electron chi connectivity index (χ2n) is 3.60. The predicted molar refractivity (Wildman–Crippen MR) is 50.8 cm³/mol. The minimum absolute atomic E-state index is 0.00590. The summed E-state index contributed by atoms with van der Waals surface area (Å²) >= 11 is 0. The lowest BCUT2D eigenvalue weighted by atomic mass is 9.92. The molecule has 1 atom stereocenters. The molecule has 0 aliphatic heterocycles. The molecule has 1 unspecified atom stereocenters. The molecule has 9 heteroatoms. The third kappa shape index (κ3) is 3.07. The van der Waals surface area contributed by atoms with Crippen molar-refractivity contribution in [1.29, 1.82) is 0 Å². The Morgan fingerprint density at radius 1 is 1.00 bits per heavy atom. The minimum Gasteiger partial charge on any atom is -0.442 e. The molecule has 0 rings (SSSR count). The molecule has 0 aromatic carbocycles. The Balaban J connectivity index is 5.57. The summed E-state index contributed by atoms with van der Waals surface area (Å²) in [7, 11) is 0. The molecule has 0 aromatic rings. The smallest absolute Gasteiger partial charge is 0.442 e. The Hall–Kier alpha value is -1.54. The summed E-state index contributed by atoms with van der Waals surface area (Å²) in [6.45, 7) is 5.32. The van der Waals surface area contributed by atoms with Gasteiger partial charge in [0.15, 0.2) is 5.60 Å². The van der Waals surface area contributed by atoms with Gasteiger partial charge >= 0.3 is 24.0 Å². The summed E-state index contributed by atoms with van der Waals surface area (Å²) in [5.74, 6) is -13.1. The summed E-state index contributed by atoms with van der Waals surface area (Å²) in [5, 5.41) is 0. The lowest BCUT2D eigenvalue weighted by Crippen LogP contribution is -2.58. The lowest BCUT2D eigenvalue weighted by molar-refractivity contribution is -0.273. The molecular formula is C10H9F7O2. The first-order valence-electron chi connectivity index (χ1n) is 4.58. The number of alkyl halides is 7. The van der Waals surface area contributed by atoms with Crippen LogP contribution in [0.25, 0.3) is 0 Å². The lowest BCUT2D eigenvalue weighted by Gasteiger charge is -2.37. The number of halogens is 7. The monoisotopic (exact) mass is 294 g/mol. The molecule has 0 heterocycles. The fraction of sp³-hybridized carbons (Fsp3) is 0.500. The van der Waals surface area contributed by atoms with Crippen LogP contribution in [0.1, 0.15) is 6.92 Å². The van der Waals surface area contributed by atoms with Gasteiger partial charge in [0.25, 0.3) is 0 Å². The van der Waals surface area contributed by atoms with E-state index in [0.717, 1.165) is 0 Å². The number of allylic oxidation sites excluding steroid dienone is 1. The topological polar surface area (TPSA) is 26.3 Å². The number of hydrogen-bond donors (Lipinski definition) is 0. The van der Waals surface area contributed by atoms with Gasteiger partial charge in [-0.15, -0.1) is 0 Å². The molecular weight excluding hydrogens is 285 g/mol. The number of carbonyl (C=O) groups excluding carboxylic acids is 1. The van der Waals surface area contributed by atoms with E-state index in [0.29, 0.717) is 0 Å². The van der Waals surface area contributed by atoms with Gasteiger partial charge in [0.05, 0.1) is 0 Å². The average molecular weight is 294 g/mol. The van der Waals surface area contributed by atoms with E-state index in [-0.39, 0.29) is 13.0 Å². The number of carbonyl (C=O) groups is 1. The second-order valence-corrected chi connectivity index (χ2v) is 3.60. The maximum absolute atomic E-state index is 13.5. The molecule has 19 heavy (non-hydrogen) atoms. The Bertz CT molecular complexity index is 386. The summed E-state index contributed by atoms with van der Waals surface area (Å²) in [5.41, 5.74) is -3.56. The number of hydrogen-bond acceptors (Lipinski definition) is 2. The van der Waals surface area contributed by atoms with Crippen LogP contribution in [0.4, 0.5) is 30.7 Å². The van der Waals surface area contributed by atoms with Crippen molar-refractivity contribution in [1.82, 2.24) is 0 Å². The van der Waals surface area contributed by atoms with E-state index in [4.69, 9.17) is 0 Å². The largest absolute Gasteiger partial charge is 0.490 e. The van der Waals surface area contributed by atoms with E-state index < -0.39 is 35.7 Å². The average Bonchev–Trinajstić information content (AvgIpc) is 2.26. The molecule has 2 nitrogen and oxygen atoms in total. The van der Waals surface area contributed by atoms with Gasteiger partial charge in [-0.2, -0.15) is 30.7 Å². The summed E-state index contributed by atoms with van der Waals surface area (Å²) in [6.07, 6.45) is -6.08. The van der Waals surface area contributed by atoms with Crippen LogP contribution in [-0.2, 0) is 9.53 Å². The van der Waals surface area contributed by atoms with Crippen molar-refractivity contribution in [2.75, 3.05) is 0 Å². The van der Waals surface area contributed by atoms with Gasteiger partial charge in [0.2, 0.25) is 0 Å². The molecule has 0 saturated heterocycles. The van der Waals surface area contributed by atoms with Crippen molar-refractivity contribution in [3.8, 4) is 0 Å². The SMILES string of the molecule is C=CC(F)(F)C(F)(F)C(C)(C=C)OC(=O)C(F)(F)F. The predicted octanol–water partition coefficient (Wildman–Crippen LogP) is 3.49. The third-order valence-corrected chi connectivity index (χ3v) is 2.22. The van der Waals surface area contributed by atoms with Crippen LogP contribution < -0.4 is 0 Å². The van der Waals surface area contributed by atoms with Gasteiger partial charge in [0.1, 0.15) is 0 Å². The molecule has 0 aliphatic carbocycles. The summed E-state index contributed by atoms with van der Waals surface area (Å²) < 4.78 is 92.1. The molecule has 0 amide bonds. The van der Waals surface area contributed by atoms with Crippen LogP contribution in [-0.4, -0.2) is 29.6 Å². The number of ether oxygens (including phenoxy) is 1.